The topological polar surface area (TPSA) is 58.6 Å². The summed E-state index contributed by atoms with van der Waals surface area (Å²) >= 11 is 0. The number of hydrogen-bond donors (Lipinski definition) is 1. The number of halogens is 1. The molecule has 0 bridgehead atoms. The van der Waals surface area contributed by atoms with Crippen molar-refractivity contribution >= 4 is 11.8 Å². The van der Waals surface area contributed by atoms with E-state index in [-0.39, 0.29) is 30.8 Å². The summed E-state index contributed by atoms with van der Waals surface area (Å²) in [4.78, 5) is 27.6. The maximum Gasteiger partial charge on any atom is 0.254 e. The van der Waals surface area contributed by atoms with Gasteiger partial charge in [-0.2, -0.15) is 0 Å². The molecule has 2 amide bonds. The fraction of sp³-hybridized carbons (Fsp3) is 0.231. The van der Waals surface area contributed by atoms with Gasteiger partial charge in [0.25, 0.3) is 11.8 Å². The molecule has 0 aromatic heterocycles. The Bertz CT molecular complexity index is 1080. The van der Waals surface area contributed by atoms with Crippen molar-refractivity contribution in [3.05, 3.63) is 95.8 Å². The molecule has 0 unspecified atom stereocenters. The molecule has 1 N–H and O–H groups in total. The highest BCUT2D eigenvalue weighted by Crippen LogP contribution is 2.27. The van der Waals surface area contributed by atoms with Gasteiger partial charge >= 0.3 is 0 Å². The molecule has 1 aliphatic rings. The Morgan fingerprint density at radius 1 is 0.969 bits per heavy atom. The standard InChI is InChI=1S/C26H25FN2O3/c1-28-25(31)26(18-29(15-16-32-26)24(30)22-5-3-2-4-6-22)17-19-7-9-20(10-8-19)21-11-13-23(27)14-12-21/h2-14H,15-18H2,1H3,(H,28,31)/t26-/m0/s1. The van der Waals surface area contributed by atoms with Crippen LogP contribution >= 0.6 is 0 Å². The van der Waals surface area contributed by atoms with Gasteiger partial charge in [-0.15, -0.1) is 0 Å². The third kappa shape index (κ3) is 4.55. The predicted octanol–water partition coefficient (Wildman–Crippen LogP) is 3.69. The molecule has 1 saturated heterocycles. The van der Waals surface area contributed by atoms with Crippen molar-refractivity contribution in [2.75, 3.05) is 26.7 Å². The van der Waals surface area contributed by atoms with E-state index in [0.29, 0.717) is 18.5 Å². The van der Waals surface area contributed by atoms with E-state index in [4.69, 9.17) is 4.74 Å². The first-order chi connectivity index (χ1) is 15.5. The molecule has 0 aliphatic carbocycles. The average Bonchev–Trinajstić information content (AvgIpc) is 2.85. The van der Waals surface area contributed by atoms with E-state index < -0.39 is 5.60 Å². The minimum Gasteiger partial charge on any atom is -0.361 e. The molecule has 0 spiro atoms. The Morgan fingerprint density at radius 2 is 1.59 bits per heavy atom. The number of amides is 2. The Hall–Kier alpha value is -3.51. The average molecular weight is 432 g/mol. The van der Waals surface area contributed by atoms with Crippen molar-refractivity contribution in [1.82, 2.24) is 10.2 Å². The quantitative estimate of drug-likeness (QED) is 0.669. The largest absolute Gasteiger partial charge is 0.361 e. The molecule has 6 heteroatoms. The number of rotatable bonds is 5. The minimum absolute atomic E-state index is 0.117. The molecule has 164 valence electrons. The van der Waals surface area contributed by atoms with Crippen LogP contribution in [-0.4, -0.2) is 49.1 Å². The monoisotopic (exact) mass is 432 g/mol. The van der Waals surface area contributed by atoms with Crippen LogP contribution in [0.3, 0.4) is 0 Å². The molecule has 32 heavy (non-hydrogen) atoms. The minimum atomic E-state index is -1.17. The van der Waals surface area contributed by atoms with E-state index in [1.165, 1.54) is 12.1 Å². The zero-order valence-electron chi connectivity index (χ0n) is 17.9. The molecule has 3 aromatic rings. The van der Waals surface area contributed by atoms with Crippen LogP contribution in [-0.2, 0) is 16.0 Å². The summed E-state index contributed by atoms with van der Waals surface area (Å²) in [6, 6.07) is 23.1. The van der Waals surface area contributed by atoms with Gasteiger partial charge in [-0.1, -0.05) is 54.6 Å². The Labute approximate surface area is 186 Å². The number of benzene rings is 3. The predicted molar refractivity (Wildman–Crippen MR) is 121 cm³/mol. The molecule has 1 heterocycles. The lowest BCUT2D eigenvalue weighted by Gasteiger charge is -2.41. The number of hydrogen-bond acceptors (Lipinski definition) is 3. The van der Waals surface area contributed by atoms with Gasteiger partial charge in [0.1, 0.15) is 5.82 Å². The van der Waals surface area contributed by atoms with Crippen molar-refractivity contribution in [2.24, 2.45) is 0 Å². The first kappa shape index (κ1) is 21.7. The van der Waals surface area contributed by atoms with Crippen molar-refractivity contribution < 1.29 is 18.7 Å². The normalized spacial score (nSPS) is 18.2. The molecular weight excluding hydrogens is 407 g/mol. The lowest BCUT2D eigenvalue weighted by atomic mass is 9.90. The zero-order chi connectivity index (χ0) is 22.6. The second kappa shape index (κ2) is 9.32. The van der Waals surface area contributed by atoms with E-state index in [9.17, 15) is 14.0 Å². The van der Waals surface area contributed by atoms with Gasteiger partial charge in [0.2, 0.25) is 0 Å². The van der Waals surface area contributed by atoms with Gasteiger partial charge in [0.15, 0.2) is 5.60 Å². The first-order valence-electron chi connectivity index (χ1n) is 10.6. The molecule has 4 rings (SSSR count). The van der Waals surface area contributed by atoms with Crippen LogP contribution in [0.2, 0.25) is 0 Å². The van der Waals surface area contributed by atoms with Gasteiger partial charge in [-0.3, -0.25) is 9.59 Å². The molecule has 1 aliphatic heterocycles. The highest BCUT2D eigenvalue weighted by molar-refractivity contribution is 5.95. The summed E-state index contributed by atoms with van der Waals surface area (Å²) in [5.41, 5.74) is 2.19. The highest BCUT2D eigenvalue weighted by Gasteiger charge is 2.44. The summed E-state index contributed by atoms with van der Waals surface area (Å²) in [6.07, 6.45) is 0.328. The first-order valence-corrected chi connectivity index (χ1v) is 10.6. The van der Waals surface area contributed by atoms with Gasteiger partial charge in [-0.05, 0) is 41.0 Å². The number of morpholine rings is 1. The number of likely N-dealkylation sites (N-methyl/N-ethyl adjacent to an activating group) is 1. The number of carbonyl (C=O) groups excluding carboxylic acids is 2. The van der Waals surface area contributed by atoms with Gasteiger partial charge in [0.05, 0.1) is 13.2 Å². The van der Waals surface area contributed by atoms with Crippen LogP contribution in [0, 0.1) is 5.82 Å². The highest BCUT2D eigenvalue weighted by atomic mass is 19.1. The molecule has 0 saturated carbocycles. The second-order valence-electron chi connectivity index (χ2n) is 7.90. The zero-order valence-corrected chi connectivity index (χ0v) is 17.9. The van der Waals surface area contributed by atoms with Gasteiger partial charge in [0, 0.05) is 25.6 Å². The van der Waals surface area contributed by atoms with Crippen molar-refractivity contribution in [1.29, 1.82) is 0 Å². The third-order valence-electron chi connectivity index (χ3n) is 5.76. The van der Waals surface area contributed by atoms with E-state index in [1.807, 2.05) is 42.5 Å². The fourth-order valence-corrected chi connectivity index (χ4v) is 4.06. The van der Waals surface area contributed by atoms with Gasteiger partial charge < -0.3 is 15.0 Å². The SMILES string of the molecule is CNC(=O)[C@]1(Cc2ccc(-c3ccc(F)cc3)cc2)CN(C(=O)c2ccccc2)CCO1. The van der Waals surface area contributed by atoms with Crippen LogP contribution in [0.4, 0.5) is 4.39 Å². The number of nitrogens with zero attached hydrogens (tertiary/aromatic N) is 1. The van der Waals surface area contributed by atoms with E-state index in [1.54, 1.807) is 36.2 Å². The number of ether oxygens (including phenoxy) is 1. The van der Waals surface area contributed by atoms with E-state index >= 15 is 0 Å². The summed E-state index contributed by atoms with van der Waals surface area (Å²) in [5.74, 6) is -0.651. The van der Waals surface area contributed by atoms with Crippen LogP contribution in [0.25, 0.3) is 11.1 Å². The fourth-order valence-electron chi connectivity index (χ4n) is 4.06. The molecular formula is C26H25FN2O3. The molecule has 0 radical (unpaired) electrons. The van der Waals surface area contributed by atoms with E-state index in [0.717, 1.165) is 16.7 Å². The van der Waals surface area contributed by atoms with Crippen molar-refractivity contribution in [3.8, 4) is 11.1 Å². The van der Waals surface area contributed by atoms with Crippen LogP contribution in [0.1, 0.15) is 15.9 Å². The lowest BCUT2D eigenvalue weighted by molar-refractivity contribution is -0.156. The number of carbonyl (C=O) groups is 2. The van der Waals surface area contributed by atoms with E-state index in [2.05, 4.69) is 5.32 Å². The van der Waals surface area contributed by atoms with Gasteiger partial charge in [-0.25, -0.2) is 4.39 Å². The van der Waals surface area contributed by atoms with Crippen molar-refractivity contribution in [2.45, 2.75) is 12.0 Å². The lowest BCUT2D eigenvalue weighted by Crippen LogP contribution is -2.61. The molecule has 3 aromatic carbocycles. The summed E-state index contributed by atoms with van der Waals surface area (Å²) in [6.45, 7) is 0.871. The Balaban J connectivity index is 1.56. The van der Waals surface area contributed by atoms with Crippen LogP contribution in [0.5, 0.6) is 0 Å². The third-order valence-corrected chi connectivity index (χ3v) is 5.76. The molecule has 1 atom stereocenters. The summed E-state index contributed by atoms with van der Waals surface area (Å²) < 4.78 is 19.2. The maximum atomic E-state index is 13.2. The smallest absolute Gasteiger partial charge is 0.254 e. The summed E-state index contributed by atoms with van der Waals surface area (Å²) in [7, 11) is 1.57. The molecule has 5 nitrogen and oxygen atoms in total. The maximum absolute atomic E-state index is 13.2. The second-order valence-corrected chi connectivity index (χ2v) is 7.90. The van der Waals surface area contributed by atoms with Crippen LogP contribution in [0.15, 0.2) is 78.9 Å². The Kier molecular flexibility index (Phi) is 6.32. The van der Waals surface area contributed by atoms with Crippen LogP contribution < -0.4 is 5.32 Å². The molecule has 1 fully saturated rings. The summed E-state index contributed by atoms with van der Waals surface area (Å²) in [5, 5.41) is 2.70. The number of nitrogens with one attached hydrogen (secondary N) is 1. The van der Waals surface area contributed by atoms with Crippen molar-refractivity contribution in [3.63, 3.8) is 0 Å². The Morgan fingerprint density at radius 3 is 2.22 bits per heavy atom.